The minimum Gasteiger partial charge on any atom is -0.495 e. The Morgan fingerprint density at radius 2 is 1.82 bits per heavy atom. The van der Waals surface area contributed by atoms with Gasteiger partial charge in [0.2, 0.25) is 5.91 Å². The highest BCUT2D eigenvalue weighted by Crippen LogP contribution is 2.32. The number of nitrogens with one attached hydrogen (secondary N) is 1. The smallest absolute Gasteiger partial charge is 0.271 e. The quantitative estimate of drug-likeness (QED) is 0.232. The summed E-state index contributed by atoms with van der Waals surface area (Å²) in [5.41, 5.74) is 1.86. The fourth-order valence-corrected chi connectivity index (χ4v) is 3.94. The van der Waals surface area contributed by atoms with Gasteiger partial charge in [0, 0.05) is 23.4 Å². The Balaban J connectivity index is 1.60. The average Bonchev–Trinajstić information content (AvgIpc) is 3.27. The normalized spacial score (nSPS) is 10.6. The largest absolute Gasteiger partial charge is 0.495 e. The number of thioether (sulfide) groups is 1. The molecular weight excluding hydrogens is 442 g/mol. The predicted octanol–water partition coefficient (Wildman–Crippen LogP) is 4.58. The van der Waals surface area contributed by atoms with Crippen LogP contribution in [-0.2, 0) is 4.79 Å². The molecule has 4 rings (SSSR count). The zero-order valence-electron chi connectivity index (χ0n) is 17.5. The van der Waals surface area contributed by atoms with Gasteiger partial charge in [-0.05, 0) is 18.2 Å². The van der Waals surface area contributed by atoms with Gasteiger partial charge in [0.15, 0.2) is 11.0 Å². The molecule has 0 radical (unpaired) electrons. The van der Waals surface area contributed by atoms with Crippen LogP contribution in [0, 0.1) is 10.1 Å². The topological polar surface area (TPSA) is 112 Å². The second kappa shape index (κ2) is 9.96. The molecule has 1 amide bonds. The molecule has 0 aliphatic carbocycles. The van der Waals surface area contributed by atoms with E-state index in [4.69, 9.17) is 4.74 Å². The molecule has 0 saturated carbocycles. The summed E-state index contributed by atoms with van der Waals surface area (Å²) >= 11 is 1.20. The van der Waals surface area contributed by atoms with E-state index >= 15 is 0 Å². The number of anilines is 1. The highest BCUT2D eigenvalue weighted by atomic mass is 32.2. The monoisotopic (exact) mass is 461 g/mol. The SMILES string of the molecule is COc1ccccc1-n1c(SCC(=O)Nc2cccc([N+](=O)[O-])c2)nnc1-c1ccccc1. The predicted molar refractivity (Wildman–Crippen MR) is 126 cm³/mol. The molecule has 10 heteroatoms. The van der Waals surface area contributed by atoms with Crippen molar-refractivity contribution in [2.45, 2.75) is 5.16 Å². The lowest BCUT2D eigenvalue weighted by molar-refractivity contribution is -0.384. The van der Waals surface area contributed by atoms with Crippen molar-refractivity contribution in [1.82, 2.24) is 14.8 Å². The van der Waals surface area contributed by atoms with Crippen LogP contribution in [0.3, 0.4) is 0 Å². The van der Waals surface area contributed by atoms with Crippen molar-refractivity contribution in [1.29, 1.82) is 0 Å². The Labute approximate surface area is 193 Å². The molecule has 0 fully saturated rings. The number of rotatable bonds is 8. The molecule has 1 heterocycles. The van der Waals surface area contributed by atoms with Crippen molar-refractivity contribution in [2.75, 3.05) is 18.2 Å². The Morgan fingerprint density at radius 3 is 2.58 bits per heavy atom. The molecule has 0 aliphatic rings. The number of carbonyl (C=O) groups is 1. The van der Waals surface area contributed by atoms with E-state index in [9.17, 15) is 14.9 Å². The van der Waals surface area contributed by atoms with Crippen LogP contribution in [-0.4, -0.2) is 38.5 Å². The van der Waals surface area contributed by atoms with Crippen LogP contribution < -0.4 is 10.1 Å². The Bertz CT molecular complexity index is 1290. The van der Waals surface area contributed by atoms with Crippen LogP contribution in [0.1, 0.15) is 0 Å². The number of non-ortho nitro benzene ring substituents is 1. The number of methoxy groups -OCH3 is 1. The van der Waals surface area contributed by atoms with Crippen molar-refractivity contribution in [3.63, 3.8) is 0 Å². The number of ether oxygens (including phenoxy) is 1. The first-order valence-corrected chi connectivity index (χ1v) is 10.9. The number of nitro groups is 1. The lowest BCUT2D eigenvalue weighted by Crippen LogP contribution is -2.14. The van der Waals surface area contributed by atoms with E-state index in [0.717, 1.165) is 11.3 Å². The summed E-state index contributed by atoms with van der Waals surface area (Å²) in [7, 11) is 1.59. The molecular formula is C23H19N5O4S. The maximum Gasteiger partial charge on any atom is 0.271 e. The third-order valence-electron chi connectivity index (χ3n) is 4.66. The minimum atomic E-state index is -0.509. The molecule has 0 saturated heterocycles. The van der Waals surface area contributed by atoms with Crippen LogP contribution >= 0.6 is 11.8 Å². The van der Waals surface area contributed by atoms with Gasteiger partial charge in [-0.1, -0.05) is 60.3 Å². The van der Waals surface area contributed by atoms with Gasteiger partial charge in [-0.2, -0.15) is 0 Å². The molecule has 3 aromatic carbocycles. The molecule has 0 unspecified atom stereocenters. The number of carbonyl (C=O) groups excluding carboxylic acids is 1. The van der Waals surface area contributed by atoms with Crippen molar-refractivity contribution in [2.24, 2.45) is 0 Å². The average molecular weight is 462 g/mol. The van der Waals surface area contributed by atoms with Crippen molar-refractivity contribution in [3.8, 4) is 22.8 Å². The number of hydrogen-bond donors (Lipinski definition) is 1. The number of para-hydroxylation sites is 2. The summed E-state index contributed by atoms with van der Waals surface area (Å²) in [6.45, 7) is 0. The van der Waals surface area contributed by atoms with Crippen LogP contribution in [0.25, 0.3) is 17.1 Å². The van der Waals surface area contributed by atoms with E-state index in [1.807, 2.05) is 59.2 Å². The van der Waals surface area contributed by atoms with E-state index in [-0.39, 0.29) is 17.3 Å². The fraction of sp³-hybridized carbons (Fsp3) is 0.0870. The summed E-state index contributed by atoms with van der Waals surface area (Å²) in [5, 5.41) is 22.8. The van der Waals surface area contributed by atoms with Gasteiger partial charge in [-0.15, -0.1) is 10.2 Å². The number of nitrogens with zero attached hydrogens (tertiary/aromatic N) is 4. The van der Waals surface area contributed by atoms with Crippen LogP contribution in [0.5, 0.6) is 5.75 Å². The number of benzene rings is 3. The van der Waals surface area contributed by atoms with E-state index in [1.165, 1.54) is 30.0 Å². The zero-order valence-corrected chi connectivity index (χ0v) is 18.4. The number of nitro benzene ring substituents is 1. The fourth-order valence-electron chi connectivity index (χ4n) is 3.19. The first-order chi connectivity index (χ1) is 16.1. The van der Waals surface area contributed by atoms with Crippen LogP contribution in [0.15, 0.2) is 84.0 Å². The van der Waals surface area contributed by atoms with Gasteiger partial charge in [-0.25, -0.2) is 0 Å². The molecule has 0 atom stereocenters. The van der Waals surface area contributed by atoms with Gasteiger partial charge >= 0.3 is 0 Å². The number of hydrogen-bond acceptors (Lipinski definition) is 7. The maximum absolute atomic E-state index is 12.5. The second-order valence-corrected chi connectivity index (χ2v) is 7.77. The molecule has 0 bridgehead atoms. The van der Waals surface area contributed by atoms with Gasteiger partial charge in [0.25, 0.3) is 5.69 Å². The van der Waals surface area contributed by atoms with Crippen molar-refractivity contribution in [3.05, 3.63) is 89.0 Å². The Hall–Kier alpha value is -4.18. The first-order valence-electron chi connectivity index (χ1n) is 9.88. The van der Waals surface area contributed by atoms with Crippen LogP contribution in [0.4, 0.5) is 11.4 Å². The maximum atomic E-state index is 12.5. The van der Waals surface area contributed by atoms with E-state index in [2.05, 4.69) is 15.5 Å². The lowest BCUT2D eigenvalue weighted by atomic mass is 10.2. The molecule has 0 aliphatic heterocycles. The standard InChI is InChI=1S/C23H19N5O4S/c1-32-20-13-6-5-12-19(20)27-22(16-8-3-2-4-9-16)25-26-23(27)33-15-21(29)24-17-10-7-11-18(14-17)28(30)31/h2-14H,15H2,1H3,(H,24,29). The van der Waals surface area contributed by atoms with Crippen molar-refractivity contribution < 1.29 is 14.5 Å². The lowest BCUT2D eigenvalue weighted by Gasteiger charge is -2.14. The summed E-state index contributed by atoms with van der Waals surface area (Å²) in [6, 6.07) is 22.9. The molecule has 0 spiro atoms. The molecule has 166 valence electrons. The summed E-state index contributed by atoms with van der Waals surface area (Å²) in [4.78, 5) is 23.0. The second-order valence-electron chi connectivity index (χ2n) is 6.82. The molecule has 1 N–H and O–H groups in total. The number of amides is 1. The summed E-state index contributed by atoms with van der Waals surface area (Å²) < 4.78 is 7.38. The first kappa shape index (κ1) is 22.0. The third-order valence-corrected chi connectivity index (χ3v) is 5.59. The molecule has 9 nitrogen and oxygen atoms in total. The van der Waals surface area contributed by atoms with E-state index < -0.39 is 4.92 Å². The minimum absolute atomic E-state index is 0.0325. The van der Waals surface area contributed by atoms with E-state index in [1.54, 1.807) is 13.2 Å². The van der Waals surface area contributed by atoms with Gasteiger partial charge in [0.05, 0.1) is 23.5 Å². The van der Waals surface area contributed by atoms with Crippen molar-refractivity contribution >= 4 is 29.0 Å². The molecule has 4 aromatic rings. The molecule has 33 heavy (non-hydrogen) atoms. The highest BCUT2D eigenvalue weighted by Gasteiger charge is 2.20. The van der Waals surface area contributed by atoms with Gasteiger partial charge in [-0.3, -0.25) is 19.5 Å². The highest BCUT2D eigenvalue weighted by molar-refractivity contribution is 7.99. The summed E-state index contributed by atoms with van der Waals surface area (Å²) in [5.74, 6) is 0.959. The summed E-state index contributed by atoms with van der Waals surface area (Å²) in [6.07, 6.45) is 0. The Kier molecular flexibility index (Phi) is 6.65. The Morgan fingerprint density at radius 1 is 1.06 bits per heavy atom. The van der Waals surface area contributed by atoms with Gasteiger partial charge < -0.3 is 10.1 Å². The third kappa shape index (κ3) is 5.01. The van der Waals surface area contributed by atoms with Crippen LogP contribution in [0.2, 0.25) is 0 Å². The molecule has 1 aromatic heterocycles. The zero-order chi connectivity index (χ0) is 23.2. The number of aromatic nitrogens is 3. The van der Waals surface area contributed by atoms with Gasteiger partial charge in [0.1, 0.15) is 5.75 Å². The van der Waals surface area contributed by atoms with E-state index in [0.29, 0.717) is 22.4 Å².